The lowest BCUT2D eigenvalue weighted by Crippen LogP contribution is -2.12. The molecule has 0 spiro atoms. The number of halogens is 1. The summed E-state index contributed by atoms with van der Waals surface area (Å²) in [6.07, 6.45) is 1.68. The van der Waals surface area contributed by atoms with Crippen molar-refractivity contribution in [1.29, 1.82) is 0 Å². The van der Waals surface area contributed by atoms with E-state index in [0.29, 0.717) is 17.0 Å². The fourth-order valence-corrected chi connectivity index (χ4v) is 2.85. The molecule has 29 heavy (non-hydrogen) atoms. The third-order valence-corrected chi connectivity index (χ3v) is 4.33. The largest absolute Gasteiger partial charge is 0.454 e. The minimum absolute atomic E-state index is 0.0281. The number of ether oxygens (including phenoxy) is 2. The summed E-state index contributed by atoms with van der Waals surface area (Å²) in [6, 6.07) is 9.98. The quantitative estimate of drug-likeness (QED) is 0.303. The average Bonchev–Trinajstić information content (AvgIpc) is 3.01. The maximum Gasteiger partial charge on any atom is 0.340 e. The molecule has 0 N–H and O–H groups in total. The Bertz CT molecular complexity index is 906. The van der Waals surface area contributed by atoms with E-state index in [1.54, 1.807) is 25.0 Å². The van der Waals surface area contributed by atoms with Gasteiger partial charge in [0.05, 0.1) is 5.69 Å². The molecule has 0 aliphatic heterocycles. The first kappa shape index (κ1) is 22.3. The third-order valence-electron chi connectivity index (χ3n) is 4.33. The lowest BCUT2D eigenvalue weighted by atomic mass is 9.86. The van der Waals surface area contributed by atoms with E-state index in [1.165, 1.54) is 5.56 Å². The van der Waals surface area contributed by atoms with E-state index in [0.717, 1.165) is 11.3 Å². The smallest absolute Gasteiger partial charge is 0.340 e. The zero-order valence-electron chi connectivity index (χ0n) is 17.8. The zero-order chi connectivity index (χ0) is 21.6. The number of aryl methyl sites for hydroxylation is 2. The SMILES string of the molecule is C/N=C\C(=C(\OCOC(=O)CF)c1cc(C)nn1C)c1ccc(C(C)(C)C)cc1. The van der Waals surface area contributed by atoms with Gasteiger partial charge in [0.1, 0.15) is 5.69 Å². The Kier molecular flexibility index (Phi) is 7.31. The molecule has 0 saturated carbocycles. The van der Waals surface area contributed by atoms with Gasteiger partial charge in [-0.3, -0.25) is 9.67 Å². The molecule has 2 rings (SSSR count). The third kappa shape index (κ3) is 5.76. The topological polar surface area (TPSA) is 65.7 Å². The first-order valence-electron chi connectivity index (χ1n) is 9.30. The Hall–Kier alpha value is -2.96. The molecule has 1 heterocycles. The number of aliphatic imine (C=N–C) groups is 1. The van der Waals surface area contributed by atoms with Crippen LogP contribution in [0, 0.1) is 6.92 Å². The lowest BCUT2D eigenvalue weighted by molar-refractivity contribution is -0.152. The van der Waals surface area contributed by atoms with Crippen molar-refractivity contribution in [2.24, 2.45) is 12.0 Å². The second-order valence-corrected chi connectivity index (χ2v) is 7.66. The highest BCUT2D eigenvalue weighted by Crippen LogP contribution is 2.29. The molecule has 0 radical (unpaired) electrons. The predicted octanol–water partition coefficient (Wildman–Crippen LogP) is 4.08. The molecule has 0 unspecified atom stereocenters. The van der Waals surface area contributed by atoms with Crippen LogP contribution in [0.1, 0.15) is 43.3 Å². The van der Waals surface area contributed by atoms with Gasteiger partial charge in [0.15, 0.2) is 12.4 Å². The van der Waals surface area contributed by atoms with E-state index in [-0.39, 0.29) is 5.41 Å². The number of carbonyl (C=O) groups excluding carboxylic acids is 1. The Morgan fingerprint density at radius 2 is 1.90 bits per heavy atom. The molecule has 156 valence electrons. The van der Waals surface area contributed by atoms with Crippen LogP contribution in [0.4, 0.5) is 4.39 Å². The number of alkyl halides is 1. The summed E-state index contributed by atoms with van der Waals surface area (Å²) in [6.45, 7) is 6.71. The number of allylic oxidation sites excluding steroid dienone is 1. The van der Waals surface area contributed by atoms with Crippen LogP contribution < -0.4 is 0 Å². The Balaban J connectivity index is 2.55. The molecule has 0 aliphatic carbocycles. The lowest BCUT2D eigenvalue weighted by Gasteiger charge is -2.20. The monoisotopic (exact) mass is 401 g/mol. The van der Waals surface area contributed by atoms with Crippen LogP contribution in [0.5, 0.6) is 0 Å². The average molecular weight is 401 g/mol. The van der Waals surface area contributed by atoms with Crippen LogP contribution in [-0.4, -0.2) is 42.5 Å². The standard InChI is InChI=1S/C22H28FN3O3/c1-15-11-19(26(6)25-15)21(29-14-28-20(27)12-23)18(13-24-5)16-7-9-17(10-8-16)22(2,3)4/h7-11,13H,12,14H2,1-6H3/b21-18-,24-13-. The molecule has 0 aliphatic rings. The minimum Gasteiger partial charge on any atom is -0.454 e. The molecule has 2 aromatic rings. The van der Waals surface area contributed by atoms with Crippen molar-refractivity contribution >= 4 is 23.5 Å². The second-order valence-electron chi connectivity index (χ2n) is 7.66. The van der Waals surface area contributed by atoms with E-state index >= 15 is 0 Å². The Labute approximate surface area is 171 Å². The van der Waals surface area contributed by atoms with Crippen molar-refractivity contribution in [2.45, 2.75) is 33.1 Å². The van der Waals surface area contributed by atoms with Crippen LogP contribution in [0.2, 0.25) is 0 Å². The summed E-state index contributed by atoms with van der Waals surface area (Å²) in [5.41, 5.74) is 4.31. The number of aromatic nitrogens is 2. The maximum absolute atomic E-state index is 12.4. The molecule has 1 aromatic heterocycles. The fourth-order valence-electron chi connectivity index (χ4n) is 2.85. The minimum atomic E-state index is -1.20. The van der Waals surface area contributed by atoms with E-state index in [1.807, 2.05) is 25.1 Å². The Morgan fingerprint density at radius 1 is 1.24 bits per heavy atom. The van der Waals surface area contributed by atoms with Crippen molar-refractivity contribution in [3.05, 3.63) is 52.8 Å². The van der Waals surface area contributed by atoms with E-state index in [2.05, 4.69) is 43.0 Å². The molecule has 0 saturated heterocycles. The summed E-state index contributed by atoms with van der Waals surface area (Å²) in [5, 5.41) is 4.36. The van der Waals surface area contributed by atoms with Crippen molar-refractivity contribution in [3.8, 4) is 0 Å². The van der Waals surface area contributed by atoms with Crippen molar-refractivity contribution in [2.75, 3.05) is 20.5 Å². The molecular weight excluding hydrogens is 373 g/mol. The van der Waals surface area contributed by atoms with Gasteiger partial charge in [-0.1, -0.05) is 45.0 Å². The highest BCUT2D eigenvalue weighted by Gasteiger charge is 2.19. The molecular formula is C22H28FN3O3. The number of esters is 1. The number of hydrogen-bond donors (Lipinski definition) is 0. The molecule has 1 aromatic carbocycles. The van der Waals surface area contributed by atoms with Crippen molar-refractivity contribution in [3.63, 3.8) is 0 Å². The van der Waals surface area contributed by atoms with E-state index in [4.69, 9.17) is 9.47 Å². The van der Waals surface area contributed by atoms with Gasteiger partial charge in [0, 0.05) is 25.9 Å². The number of carbonyl (C=O) groups is 1. The highest BCUT2D eigenvalue weighted by atomic mass is 19.1. The number of nitrogens with zero attached hydrogens (tertiary/aromatic N) is 3. The summed E-state index contributed by atoms with van der Waals surface area (Å²) >= 11 is 0. The normalized spacial score (nSPS) is 12.8. The molecule has 0 atom stereocenters. The second kappa shape index (κ2) is 9.49. The number of rotatable bonds is 7. The van der Waals surface area contributed by atoms with Crippen LogP contribution in [0.25, 0.3) is 11.3 Å². The van der Waals surface area contributed by atoms with Crippen LogP contribution in [-0.2, 0) is 26.7 Å². The molecule has 0 amide bonds. The van der Waals surface area contributed by atoms with Gasteiger partial charge >= 0.3 is 5.97 Å². The van der Waals surface area contributed by atoms with Crippen LogP contribution >= 0.6 is 0 Å². The van der Waals surface area contributed by atoms with Crippen molar-refractivity contribution in [1.82, 2.24) is 9.78 Å². The summed E-state index contributed by atoms with van der Waals surface area (Å²) < 4.78 is 24.6. The van der Waals surface area contributed by atoms with Crippen LogP contribution in [0.3, 0.4) is 0 Å². The van der Waals surface area contributed by atoms with E-state index in [9.17, 15) is 9.18 Å². The molecule has 0 bridgehead atoms. The van der Waals surface area contributed by atoms with Gasteiger partial charge in [0.25, 0.3) is 0 Å². The van der Waals surface area contributed by atoms with Gasteiger partial charge in [0.2, 0.25) is 6.79 Å². The predicted molar refractivity (Wildman–Crippen MR) is 112 cm³/mol. The number of benzene rings is 1. The summed E-state index contributed by atoms with van der Waals surface area (Å²) in [7, 11) is 3.46. The van der Waals surface area contributed by atoms with Gasteiger partial charge in [-0.2, -0.15) is 5.10 Å². The van der Waals surface area contributed by atoms with Gasteiger partial charge in [-0.25, -0.2) is 9.18 Å². The molecule has 7 heteroatoms. The Morgan fingerprint density at radius 3 is 2.38 bits per heavy atom. The van der Waals surface area contributed by atoms with Crippen molar-refractivity contribution < 1.29 is 18.7 Å². The van der Waals surface area contributed by atoms with Crippen LogP contribution in [0.15, 0.2) is 35.3 Å². The first-order chi connectivity index (χ1) is 13.7. The van der Waals surface area contributed by atoms with E-state index < -0.39 is 19.4 Å². The summed E-state index contributed by atoms with van der Waals surface area (Å²) in [4.78, 5) is 15.3. The highest BCUT2D eigenvalue weighted by molar-refractivity contribution is 6.18. The summed E-state index contributed by atoms with van der Waals surface area (Å²) in [5.74, 6) is -0.542. The first-order valence-corrected chi connectivity index (χ1v) is 9.30. The molecule has 6 nitrogen and oxygen atoms in total. The zero-order valence-corrected chi connectivity index (χ0v) is 17.8. The fraction of sp³-hybridized carbons (Fsp3) is 0.409. The van der Waals surface area contributed by atoms with Gasteiger partial charge in [-0.15, -0.1) is 0 Å². The van der Waals surface area contributed by atoms with Gasteiger partial charge < -0.3 is 9.47 Å². The maximum atomic E-state index is 12.4. The van der Waals surface area contributed by atoms with Gasteiger partial charge in [-0.05, 0) is 29.5 Å². The number of hydrogen-bond acceptors (Lipinski definition) is 5. The molecule has 0 fully saturated rings.